The van der Waals surface area contributed by atoms with Crippen LogP contribution in [0.4, 0.5) is 5.69 Å². The van der Waals surface area contributed by atoms with E-state index < -0.39 is 10.0 Å². The van der Waals surface area contributed by atoms with Gasteiger partial charge in [-0.2, -0.15) is 0 Å². The number of rotatable bonds is 3. The molecule has 6 heteroatoms. The normalized spacial score (nSPS) is 11.9. The zero-order valence-electron chi connectivity index (χ0n) is 9.11. The first kappa shape index (κ1) is 10.9. The highest BCUT2D eigenvalue weighted by molar-refractivity contribution is 7.92. The van der Waals surface area contributed by atoms with E-state index in [4.69, 9.17) is 0 Å². The van der Waals surface area contributed by atoms with Crippen molar-refractivity contribution >= 4 is 26.7 Å². The van der Waals surface area contributed by atoms with Crippen molar-refractivity contribution in [2.75, 3.05) is 10.5 Å². The smallest absolute Gasteiger partial charge is 0.232 e. The maximum absolute atomic E-state index is 11.4. The fourth-order valence-corrected chi connectivity index (χ4v) is 2.08. The lowest BCUT2D eigenvalue weighted by Crippen LogP contribution is -2.14. The van der Waals surface area contributed by atoms with Crippen LogP contribution >= 0.6 is 0 Å². The van der Waals surface area contributed by atoms with E-state index in [0.717, 1.165) is 16.9 Å². The summed E-state index contributed by atoms with van der Waals surface area (Å²) in [7, 11) is -3.22. The SMILES string of the molecule is CCS(=O)(=O)Nc1ccc2nc(C)[nH]c2c1. The Labute approximate surface area is 93.9 Å². The summed E-state index contributed by atoms with van der Waals surface area (Å²) in [6.07, 6.45) is 0. The molecule has 0 aliphatic rings. The first-order chi connectivity index (χ1) is 7.50. The van der Waals surface area contributed by atoms with E-state index in [9.17, 15) is 8.42 Å². The Morgan fingerprint density at radius 3 is 2.88 bits per heavy atom. The highest BCUT2D eigenvalue weighted by Gasteiger charge is 2.07. The van der Waals surface area contributed by atoms with Gasteiger partial charge in [-0.15, -0.1) is 0 Å². The third-order valence-corrected chi connectivity index (χ3v) is 3.56. The largest absolute Gasteiger partial charge is 0.342 e. The average Bonchev–Trinajstić information content (AvgIpc) is 2.57. The molecule has 1 aromatic heterocycles. The van der Waals surface area contributed by atoms with Gasteiger partial charge in [0.15, 0.2) is 0 Å². The third kappa shape index (κ3) is 2.16. The number of benzene rings is 1. The van der Waals surface area contributed by atoms with Gasteiger partial charge in [0, 0.05) is 0 Å². The first-order valence-electron chi connectivity index (χ1n) is 4.97. The number of aromatic nitrogens is 2. The number of aromatic amines is 1. The van der Waals surface area contributed by atoms with Gasteiger partial charge in [0.2, 0.25) is 10.0 Å². The molecule has 2 aromatic rings. The second-order valence-corrected chi connectivity index (χ2v) is 5.57. The number of sulfonamides is 1. The zero-order chi connectivity index (χ0) is 11.8. The second-order valence-electron chi connectivity index (χ2n) is 3.56. The van der Waals surface area contributed by atoms with Gasteiger partial charge in [-0.05, 0) is 32.0 Å². The zero-order valence-corrected chi connectivity index (χ0v) is 9.93. The van der Waals surface area contributed by atoms with Crippen molar-refractivity contribution in [1.29, 1.82) is 0 Å². The van der Waals surface area contributed by atoms with E-state index in [1.807, 2.05) is 6.92 Å². The summed E-state index contributed by atoms with van der Waals surface area (Å²) in [5, 5.41) is 0. The van der Waals surface area contributed by atoms with Gasteiger partial charge in [-0.1, -0.05) is 0 Å². The van der Waals surface area contributed by atoms with E-state index in [1.165, 1.54) is 0 Å². The molecule has 0 radical (unpaired) electrons. The van der Waals surface area contributed by atoms with E-state index in [1.54, 1.807) is 25.1 Å². The molecule has 0 saturated heterocycles. The minimum absolute atomic E-state index is 0.0625. The lowest BCUT2D eigenvalue weighted by molar-refractivity contribution is 0.602. The average molecular weight is 239 g/mol. The van der Waals surface area contributed by atoms with Crippen molar-refractivity contribution in [3.8, 4) is 0 Å². The molecule has 0 saturated carbocycles. The Morgan fingerprint density at radius 1 is 1.44 bits per heavy atom. The minimum atomic E-state index is -3.22. The maximum Gasteiger partial charge on any atom is 0.232 e. The van der Waals surface area contributed by atoms with Crippen LogP contribution in [0.1, 0.15) is 12.7 Å². The topological polar surface area (TPSA) is 74.8 Å². The van der Waals surface area contributed by atoms with Gasteiger partial charge in [-0.3, -0.25) is 4.72 Å². The van der Waals surface area contributed by atoms with Gasteiger partial charge in [0.05, 0.1) is 22.5 Å². The molecule has 0 aliphatic heterocycles. The standard InChI is InChI=1S/C10H13N3O2S/c1-3-16(14,15)13-8-4-5-9-10(6-8)12-7(2)11-9/h4-6,13H,3H2,1-2H3,(H,11,12). The maximum atomic E-state index is 11.4. The number of hydrogen-bond acceptors (Lipinski definition) is 3. The Hall–Kier alpha value is -1.56. The van der Waals surface area contributed by atoms with E-state index in [-0.39, 0.29) is 5.75 Å². The van der Waals surface area contributed by atoms with Crippen molar-refractivity contribution in [3.05, 3.63) is 24.0 Å². The van der Waals surface area contributed by atoms with E-state index >= 15 is 0 Å². The third-order valence-electron chi connectivity index (χ3n) is 2.25. The first-order valence-corrected chi connectivity index (χ1v) is 6.62. The molecular weight excluding hydrogens is 226 g/mol. The van der Waals surface area contributed by atoms with Crippen molar-refractivity contribution in [3.63, 3.8) is 0 Å². The molecule has 0 unspecified atom stereocenters. The summed E-state index contributed by atoms with van der Waals surface area (Å²) < 4.78 is 25.2. The van der Waals surface area contributed by atoms with Crippen LogP contribution in [0.15, 0.2) is 18.2 Å². The number of aryl methyl sites for hydroxylation is 1. The van der Waals surface area contributed by atoms with Crippen LogP contribution in [0.3, 0.4) is 0 Å². The molecule has 1 heterocycles. The van der Waals surface area contributed by atoms with Crippen molar-refractivity contribution < 1.29 is 8.42 Å². The second kappa shape index (κ2) is 3.79. The number of imidazole rings is 1. The summed E-state index contributed by atoms with van der Waals surface area (Å²) in [5.74, 6) is 0.873. The fraction of sp³-hybridized carbons (Fsp3) is 0.300. The van der Waals surface area contributed by atoms with Crippen molar-refractivity contribution in [2.24, 2.45) is 0 Å². The van der Waals surface area contributed by atoms with Crippen LogP contribution in [-0.2, 0) is 10.0 Å². The molecule has 2 rings (SSSR count). The number of hydrogen-bond donors (Lipinski definition) is 2. The van der Waals surface area contributed by atoms with Crippen molar-refractivity contribution in [1.82, 2.24) is 9.97 Å². The number of nitrogens with one attached hydrogen (secondary N) is 2. The van der Waals surface area contributed by atoms with Gasteiger partial charge >= 0.3 is 0 Å². The lowest BCUT2D eigenvalue weighted by Gasteiger charge is -2.05. The van der Waals surface area contributed by atoms with Gasteiger partial charge in [0.1, 0.15) is 5.82 Å². The van der Waals surface area contributed by atoms with Crippen LogP contribution in [0.25, 0.3) is 11.0 Å². The van der Waals surface area contributed by atoms with Crippen LogP contribution in [-0.4, -0.2) is 24.1 Å². The lowest BCUT2D eigenvalue weighted by atomic mass is 10.3. The molecule has 0 aliphatic carbocycles. The summed E-state index contributed by atoms with van der Waals surface area (Å²) in [4.78, 5) is 7.29. The van der Waals surface area contributed by atoms with Gasteiger partial charge in [0.25, 0.3) is 0 Å². The summed E-state index contributed by atoms with van der Waals surface area (Å²) in [5.41, 5.74) is 2.21. The molecule has 86 valence electrons. The molecule has 1 aromatic carbocycles. The minimum Gasteiger partial charge on any atom is -0.342 e. The molecular formula is C10H13N3O2S. The fourth-order valence-electron chi connectivity index (χ4n) is 1.45. The molecule has 0 amide bonds. The highest BCUT2D eigenvalue weighted by Crippen LogP contribution is 2.17. The summed E-state index contributed by atoms with van der Waals surface area (Å²) >= 11 is 0. The van der Waals surface area contributed by atoms with E-state index in [2.05, 4.69) is 14.7 Å². The number of anilines is 1. The van der Waals surface area contributed by atoms with Crippen molar-refractivity contribution in [2.45, 2.75) is 13.8 Å². The molecule has 2 N–H and O–H groups in total. The van der Waals surface area contributed by atoms with Gasteiger partial charge in [-0.25, -0.2) is 13.4 Å². The quantitative estimate of drug-likeness (QED) is 0.854. The van der Waals surface area contributed by atoms with Gasteiger partial charge < -0.3 is 4.98 Å². The highest BCUT2D eigenvalue weighted by atomic mass is 32.2. The molecule has 0 bridgehead atoms. The Morgan fingerprint density at radius 2 is 2.19 bits per heavy atom. The molecule has 5 nitrogen and oxygen atoms in total. The van der Waals surface area contributed by atoms with Crippen LogP contribution in [0.5, 0.6) is 0 Å². The molecule has 16 heavy (non-hydrogen) atoms. The molecule has 0 spiro atoms. The summed E-state index contributed by atoms with van der Waals surface area (Å²) in [6.45, 7) is 3.46. The number of nitrogens with zero attached hydrogens (tertiary/aromatic N) is 1. The van der Waals surface area contributed by atoms with Crippen LogP contribution < -0.4 is 4.72 Å². The van der Waals surface area contributed by atoms with Crippen LogP contribution in [0, 0.1) is 6.92 Å². The Kier molecular flexibility index (Phi) is 2.59. The van der Waals surface area contributed by atoms with Crippen LogP contribution in [0.2, 0.25) is 0 Å². The Balaban J connectivity index is 2.40. The van der Waals surface area contributed by atoms with E-state index in [0.29, 0.717) is 5.69 Å². The number of fused-ring (bicyclic) bond motifs is 1. The molecule has 0 fully saturated rings. The molecule has 0 atom stereocenters. The predicted octanol–water partition coefficient (Wildman–Crippen LogP) is 1.63. The predicted molar refractivity (Wildman–Crippen MR) is 63.9 cm³/mol. The number of H-pyrrole nitrogens is 1. The summed E-state index contributed by atoms with van der Waals surface area (Å²) in [6, 6.07) is 5.23. The monoisotopic (exact) mass is 239 g/mol. The Bertz CT molecular complexity index is 616.